The van der Waals surface area contributed by atoms with Crippen molar-refractivity contribution in [2.24, 2.45) is 5.92 Å². The fraction of sp³-hybridized carbons (Fsp3) is 0.500. The second kappa shape index (κ2) is 6.71. The standard InChI is InChI=1S/C20H23N5OS/c1-13-22-23-18-10-9-14(12-25(13)18)20(26)24-11-5-4-7-16(24)19-21-15-6-2-3-8-17(15)27-19/h2-3,6,8,14,16H,4-5,7,9-12H2,1H3/t14-,16+/m1/s1. The van der Waals surface area contributed by atoms with Crippen molar-refractivity contribution in [1.82, 2.24) is 24.6 Å². The molecule has 3 aromatic rings. The van der Waals surface area contributed by atoms with E-state index in [1.165, 1.54) is 4.70 Å². The van der Waals surface area contributed by atoms with Crippen LogP contribution in [0.4, 0.5) is 0 Å². The molecule has 0 spiro atoms. The Balaban J connectivity index is 1.42. The summed E-state index contributed by atoms with van der Waals surface area (Å²) in [5.74, 6) is 2.21. The maximum atomic E-state index is 13.4. The van der Waals surface area contributed by atoms with Crippen LogP contribution in [0.3, 0.4) is 0 Å². The van der Waals surface area contributed by atoms with E-state index in [-0.39, 0.29) is 17.9 Å². The summed E-state index contributed by atoms with van der Waals surface area (Å²) in [6.07, 6.45) is 4.94. The summed E-state index contributed by atoms with van der Waals surface area (Å²) < 4.78 is 3.32. The zero-order chi connectivity index (χ0) is 18.4. The Hall–Kier alpha value is -2.28. The van der Waals surface area contributed by atoms with Crippen LogP contribution < -0.4 is 0 Å². The highest BCUT2D eigenvalue weighted by molar-refractivity contribution is 7.18. The van der Waals surface area contributed by atoms with Crippen LogP contribution in [-0.2, 0) is 17.8 Å². The van der Waals surface area contributed by atoms with Crippen molar-refractivity contribution in [2.75, 3.05) is 6.54 Å². The van der Waals surface area contributed by atoms with Gasteiger partial charge in [-0.3, -0.25) is 4.79 Å². The molecule has 2 atom stereocenters. The Morgan fingerprint density at radius 3 is 2.96 bits per heavy atom. The number of aromatic nitrogens is 4. The smallest absolute Gasteiger partial charge is 0.228 e. The van der Waals surface area contributed by atoms with Crippen molar-refractivity contribution >= 4 is 27.5 Å². The van der Waals surface area contributed by atoms with Gasteiger partial charge in [0.1, 0.15) is 16.7 Å². The number of carbonyl (C=O) groups is 1. The Labute approximate surface area is 162 Å². The van der Waals surface area contributed by atoms with Gasteiger partial charge in [0.15, 0.2) is 0 Å². The van der Waals surface area contributed by atoms with Crippen LogP contribution in [-0.4, -0.2) is 37.1 Å². The summed E-state index contributed by atoms with van der Waals surface area (Å²) in [6, 6.07) is 8.36. The lowest BCUT2D eigenvalue weighted by molar-refractivity contribution is -0.140. The number of rotatable bonds is 2. The van der Waals surface area contributed by atoms with Crippen molar-refractivity contribution in [1.29, 1.82) is 0 Å². The summed E-state index contributed by atoms with van der Waals surface area (Å²) >= 11 is 1.73. The van der Waals surface area contributed by atoms with E-state index in [1.807, 2.05) is 13.0 Å². The fourth-order valence-corrected chi connectivity index (χ4v) is 5.50. The topological polar surface area (TPSA) is 63.9 Å². The van der Waals surface area contributed by atoms with Crippen molar-refractivity contribution < 1.29 is 4.79 Å². The van der Waals surface area contributed by atoms with Gasteiger partial charge in [-0.25, -0.2) is 4.98 Å². The number of nitrogens with zero attached hydrogens (tertiary/aromatic N) is 5. The summed E-state index contributed by atoms with van der Waals surface area (Å²) in [7, 11) is 0. The van der Waals surface area contributed by atoms with E-state index in [4.69, 9.17) is 4.98 Å². The molecule has 0 saturated carbocycles. The summed E-state index contributed by atoms with van der Waals surface area (Å²) in [5.41, 5.74) is 1.04. The second-order valence-corrected chi connectivity index (χ2v) is 8.63. The summed E-state index contributed by atoms with van der Waals surface area (Å²) in [6.45, 7) is 3.51. The lowest BCUT2D eigenvalue weighted by Gasteiger charge is -2.37. The molecule has 2 aliphatic rings. The molecule has 7 heteroatoms. The molecule has 0 radical (unpaired) electrons. The molecule has 0 N–H and O–H groups in total. The molecule has 6 nitrogen and oxygen atoms in total. The minimum absolute atomic E-state index is 0.0159. The number of piperidine rings is 1. The van der Waals surface area contributed by atoms with E-state index < -0.39 is 0 Å². The van der Waals surface area contributed by atoms with Gasteiger partial charge in [0.2, 0.25) is 5.91 Å². The molecule has 5 rings (SSSR count). The van der Waals surface area contributed by atoms with Gasteiger partial charge in [0, 0.05) is 19.5 Å². The number of para-hydroxylation sites is 1. The van der Waals surface area contributed by atoms with Crippen LogP contribution in [0.1, 0.15) is 48.4 Å². The number of aryl methyl sites for hydroxylation is 2. The van der Waals surface area contributed by atoms with E-state index in [9.17, 15) is 4.79 Å². The molecule has 1 fully saturated rings. The molecular weight excluding hydrogens is 358 g/mol. The van der Waals surface area contributed by atoms with Crippen LogP contribution >= 0.6 is 11.3 Å². The van der Waals surface area contributed by atoms with E-state index in [1.54, 1.807) is 11.3 Å². The molecule has 0 unspecified atom stereocenters. The number of benzene rings is 1. The average Bonchev–Trinajstić information content (AvgIpc) is 3.31. The molecular formula is C20H23N5OS. The fourth-order valence-electron chi connectivity index (χ4n) is 4.38. The predicted molar refractivity (Wildman–Crippen MR) is 104 cm³/mol. The molecule has 4 heterocycles. The third-order valence-corrected chi connectivity index (χ3v) is 7.00. The number of amides is 1. The third-order valence-electron chi connectivity index (χ3n) is 5.86. The molecule has 0 bridgehead atoms. The Kier molecular flexibility index (Phi) is 4.19. The molecule has 1 amide bonds. The second-order valence-electron chi connectivity index (χ2n) is 7.57. The van der Waals surface area contributed by atoms with Crippen molar-refractivity contribution in [2.45, 2.75) is 51.6 Å². The molecule has 27 heavy (non-hydrogen) atoms. The summed E-state index contributed by atoms with van der Waals surface area (Å²) in [4.78, 5) is 20.4. The lowest BCUT2D eigenvalue weighted by atomic mass is 9.94. The maximum absolute atomic E-state index is 13.4. The highest BCUT2D eigenvalue weighted by atomic mass is 32.1. The van der Waals surface area contributed by atoms with Crippen LogP contribution in [0, 0.1) is 12.8 Å². The highest BCUT2D eigenvalue weighted by Crippen LogP contribution is 2.37. The summed E-state index contributed by atoms with van der Waals surface area (Å²) in [5, 5.41) is 9.48. The van der Waals surface area contributed by atoms with E-state index in [0.717, 1.165) is 60.8 Å². The Bertz CT molecular complexity index is 960. The normalized spacial score (nSPS) is 22.8. The first-order valence-electron chi connectivity index (χ1n) is 9.75. The molecule has 0 aliphatic carbocycles. The van der Waals surface area contributed by atoms with E-state index in [2.05, 4.69) is 37.9 Å². The SMILES string of the molecule is Cc1nnc2n1C[C@H](C(=O)N1CCCC[C@H]1c1nc3ccccc3s1)CC2. The lowest BCUT2D eigenvalue weighted by Crippen LogP contribution is -2.44. The van der Waals surface area contributed by atoms with Crippen LogP contribution in [0.25, 0.3) is 10.2 Å². The van der Waals surface area contributed by atoms with E-state index in [0.29, 0.717) is 6.54 Å². The van der Waals surface area contributed by atoms with Gasteiger partial charge >= 0.3 is 0 Å². The van der Waals surface area contributed by atoms with Gasteiger partial charge in [-0.05, 0) is 44.7 Å². The first kappa shape index (κ1) is 16.9. The first-order chi connectivity index (χ1) is 13.2. The number of thiazole rings is 1. The number of hydrogen-bond acceptors (Lipinski definition) is 5. The van der Waals surface area contributed by atoms with Gasteiger partial charge in [-0.15, -0.1) is 21.5 Å². The number of likely N-dealkylation sites (tertiary alicyclic amines) is 1. The minimum Gasteiger partial charge on any atom is -0.333 e. The van der Waals surface area contributed by atoms with Gasteiger partial charge in [0.05, 0.1) is 22.2 Å². The molecule has 1 aromatic carbocycles. The first-order valence-corrected chi connectivity index (χ1v) is 10.6. The molecule has 140 valence electrons. The molecule has 1 saturated heterocycles. The number of carbonyl (C=O) groups excluding carboxylic acids is 1. The van der Waals surface area contributed by atoms with Gasteiger partial charge in [-0.1, -0.05) is 12.1 Å². The third kappa shape index (κ3) is 2.94. The van der Waals surface area contributed by atoms with Gasteiger partial charge in [-0.2, -0.15) is 0 Å². The zero-order valence-corrected chi connectivity index (χ0v) is 16.3. The van der Waals surface area contributed by atoms with Crippen LogP contribution in [0.2, 0.25) is 0 Å². The van der Waals surface area contributed by atoms with Gasteiger partial charge < -0.3 is 9.47 Å². The molecule has 2 aliphatic heterocycles. The zero-order valence-electron chi connectivity index (χ0n) is 15.5. The highest BCUT2D eigenvalue weighted by Gasteiger charge is 2.36. The average molecular weight is 382 g/mol. The Morgan fingerprint density at radius 1 is 1.19 bits per heavy atom. The van der Waals surface area contributed by atoms with Crippen molar-refractivity contribution in [3.05, 3.63) is 40.9 Å². The van der Waals surface area contributed by atoms with Gasteiger partial charge in [0.25, 0.3) is 0 Å². The number of hydrogen-bond donors (Lipinski definition) is 0. The maximum Gasteiger partial charge on any atom is 0.228 e. The largest absolute Gasteiger partial charge is 0.333 e. The van der Waals surface area contributed by atoms with Crippen LogP contribution in [0.15, 0.2) is 24.3 Å². The monoisotopic (exact) mass is 381 g/mol. The Morgan fingerprint density at radius 2 is 2.07 bits per heavy atom. The molecule has 2 aromatic heterocycles. The van der Waals surface area contributed by atoms with Crippen molar-refractivity contribution in [3.8, 4) is 0 Å². The predicted octanol–water partition coefficient (Wildman–Crippen LogP) is 3.51. The van der Waals surface area contributed by atoms with Crippen LogP contribution in [0.5, 0.6) is 0 Å². The minimum atomic E-state index is 0.0159. The van der Waals surface area contributed by atoms with Crippen molar-refractivity contribution in [3.63, 3.8) is 0 Å². The quantitative estimate of drug-likeness (QED) is 0.681. The van der Waals surface area contributed by atoms with E-state index >= 15 is 0 Å². The number of fused-ring (bicyclic) bond motifs is 2.